The summed E-state index contributed by atoms with van der Waals surface area (Å²) in [5.41, 5.74) is 6.97. The van der Waals surface area contributed by atoms with Crippen LogP contribution >= 0.6 is 11.6 Å². The van der Waals surface area contributed by atoms with Gasteiger partial charge in [-0.05, 0) is 55.5 Å². The normalized spacial score (nSPS) is 13.4. The maximum Gasteiger partial charge on any atom is 0.0726 e. The van der Waals surface area contributed by atoms with Crippen molar-refractivity contribution in [3.05, 3.63) is 64.3 Å². The summed E-state index contributed by atoms with van der Waals surface area (Å²) in [7, 11) is 0. The van der Waals surface area contributed by atoms with Crippen LogP contribution in [0.5, 0.6) is 0 Å². The summed E-state index contributed by atoms with van der Waals surface area (Å²) in [4.78, 5) is 4.82. The van der Waals surface area contributed by atoms with Crippen LogP contribution in [0.15, 0.2) is 42.5 Å². The molecule has 1 heterocycles. The second-order valence-corrected chi connectivity index (χ2v) is 6.28. The van der Waals surface area contributed by atoms with Crippen LogP contribution in [0.1, 0.15) is 23.2 Å². The molecule has 1 aliphatic carbocycles. The molecular formula is C19H17ClN2. The second kappa shape index (κ2) is 5.29. The molecule has 22 heavy (non-hydrogen) atoms. The molecule has 0 saturated carbocycles. The predicted molar refractivity (Wildman–Crippen MR) is 93.2 cm³/mol. The molecular weight excluding hydrogens is 292 g/mol. The number of pyridine rings is 1. The molecule has 110 valence electrons. The highest BCUT2D eigenvalue weighted by Gasteiger charge is 2.19. The molecule has 0 amide bonds. The fraction of sp³-hybridized carbons (Fsp3) is 0.211. The van der Waals surface area contributed by atoms with Crippen LogP contribution in [0.2, 0.25) is 5.02 Å². The van der Waals surface area contributed by atoms with Crippen molar-refractivity contribution in [2.45, 2.75) is 26.2 Å². The first-order valence-electron chi connectivity index (χ1n) is 7.66. The number of nitrogens with zero attached hydrogens (tertiary/aromatic N) is 1. The predicted octanol–water partition coefficient (Wildman–Crippen LogP) is 5.43. The molecule has 3 aromatic rings. The lowest BCUT2D eigenvalue weighted by atomic mass is 10.1. The molecule has 4 rings (SSSR count). The minimum atomic E-state index is 0.792. The molecule has 1 aromatic heterocycles. The number of halogens is 1. The Bertz CT molecular complexity index is 871. The number of fused-ring (bicyclic) bond motifs is 2. The standard InChI is InChI=1S/C19H17ClN2/c1-12-9-10-13(11-16(12)20)21-19-14-5-2-3-7-17(14)22-18-8-4-6-15(18)19/h2-3,5,7,9-11H,4,6,8H2,1H3,(H,21,22). The van der Waals surface area contributed by atoms with Gasteiger partial charge in [0, 0.05) is 21.8 Å². The Hall–Kier alpha value is -2.06. The van der Waals surface area contributed by atoms with Gasteiger partial charge < -0.3 is 5.32 Å². The van der Waals surface area contributed by atoms with Gasteiger partial charge in [0.2, 0.25) is 0 Å². The van der Waals surface area contributed by atoms with Crippen LogP contribution in [0.3, 0.4) is 0 Å². The van der Waals surface area contributed by atoms with Crippen LogP contribution in [0, 0.1) is 6.92 Å². The van der Waals surface area contributed by atoms with E-state index in [1.54, 1.807) is 0 Å². The van der Waals surface area contributed by atoms with Gasteiger partial charge in [0.05, 0.1) is 11.2 Å². The number of aromatic nitrogens is 1. The molecule has 1 aliphatic rings. The summed E-state index contributed by atoms with van der Waals surface area (Å²) >= 11 is 6.26. The highest BCUT2D eigenvalue weighted by atomic mass is 35.5. The maximum absolute atomic E-state index is 6.26. The third-order valence-electron chi connectivity index (χ3n) is 4.36. The Morgan fingerprint density at radius 1 is 1.09 bits per heavy atom. The Labute approximate surface area is 135 Å². The minimum Gasteiger partial charge on any atom is -0.355 e. The van der Waals surface area contributed by atoms with Gasteiger partial charge in [0.1, 0.15) is 0 Å². The van der Waals surface area contributed by atoms with Gasteiger partial charge in [0.25, 0.3) is 0 Å². The van der Waals surface area contributed by atoms with E-state index in [2.05, 4.69) is 29.6 Å². The zero-order valence-electron chi connectivity index (χ0n) is 12.5. The monoisotopic (exact) mass is 308 g/mol. The Morgan fingerprint density at radius 2 is 1.95 bits per heavy atom. The summed E-state index contributed by atoms with van der Waals surface area (Å²) in [5, 5.41) is 5.56. The Balaban J connectivity index is 1.88. The molecule has 3 heteroatoms. The van der Waals surface area contributed by atoms with E-state index in [9.17, 15) is 0 Å². The first kappa shape index (κ1) is 13.6. The maximum atomic E-state index is 6.26. The molecule has 2 nitrogen and oxygen atoms in total. The molecule has 0 atom stereocenters. The Kier molecular flexibility index (Phi) is 3.27. The van der Waals surface area contributed by atoms with Crippen molar-refractivity contribution in [1.29, 1.82) is 0 Å². The third-order valence-corrected chi connectivity index (χ3v) is 4.77. The van der Waals surface area contributed by atoms with Crippen molar-refractivity contribution in [2.24, 2.45) is 0 Å². The van der Waals surface area contributed by atoms with Gasteiger partial charge in [-0.3, -0.25) is 4.98 Å². The summed E-state index contributed by atoms with van der Waals surface area (Å²) < 4.78 is 0. The van der Waals surface area contributed by atoms with Crippen molar-refractivity contribution in [3.63, 3.8) is 0 Å². The molecule has 0 unspecified atom stereocenters. The number of anilines is 2. The van der Waals surface area contributed by atoms with E-state index in [0.29, 0.717) is 0 Å². The van der Waals surface area contributed by atoms with Crippen LogP contribution in [-0.4, -0.2) is 4.98 Å². The first-order valence-corrected chi connectivity index (χ1v) is 8.04. The van der Waals surface area contributed by atoms with E-state index in [0.717, 1.165) is 34.6 Å². The fourth-order valence-electron chi connectivity index (χ4n) is 3.17. The summed E-state index contributed by atoms with van der Waals surface area (Å²) in [6, 6.07) is 14.5. The average Bonchev–Trinajstić information content (AvgIpc) is 2.99. The number of para-hydroxylation sites is 1. The zero-order valence-corrected chi connectivity index (χ0v) is 13.2. The minimum absolute atomic E-state index is 0.792. The lowest BCUT2D eigenvalue weighted by Gasteiger charge is -2.15. The van der Waals surface area contributed by atoms with E-state index in [1.807, 2.05) is 25.1 Å². The SMILES string of the molecule is Cc1ccc(Nc2c3c(nc4ccccc24)CCC3)cc1Cl. The van der Waals surface area contributed by atoms with E-state index >= 15 is 0 Å². The molecule has 0 saturated heterocycles. The number of aryl methyl sites for hydroxylation is 2. The molecule has 0 fully saturated rings. The van der Waals surface area contributed by atoms with Crippen molar-refractivity contribution in [1.82, 2.24) is 4.98 Å². The fourth-order valence-corrected chi connectivity index (χ4v) is 3.35. The average molecular weight is 309 g/mol. The smallest absolute Gasteiger partial charge is 0.0726 e. The third kappa shape index (κ3) is 2.24. The van der Waals surface area contributed by atoms with Crippen LogP contribution < -0.4 is 5.32 Å². The van der Waals surface area contributed by atoms with Gasteiger partial charge in [-0.15, -0.1) is 0 Å². The summed E-state index contributed by atoms with van der Waals surface area (Å²) in [6.07, 6.45) is 3.35. The molecule has 0 spiro atoms. The number of benzene rings is 2. The number of hydrogen-bond donors (Lipinski definition) is 1. The Morgan fingerprint density at radius 3 is 2.82 bits per heavy atom. The van der Waals surface area contributed by atoms with Crippen molar-refractivity contribution < 1.29 is 0 Å². The van der Waals surface area contributed by atoms with Crippen LogP contribution in [0.4, 0.5) is 11.4 Å². The van der Waals surface area contributed by atoms with Crippen molar-refractivity contribution in [2.75, 3.05) is 5.32 Å². The van der Waals surface area contributed by atoms with Crippen LogP contribution in [0.25, 0.3) is 10.9 Å². The van der Waals surface area contributed by atoms with E-state index < -0.39 is 0 Å². The molecule has 0 bridgehead atoms. The summed E-state index contributed by atoms with van der Waals surface area (Å²) in [5.74, 6) is 0. The highest BCUT2D eigenvalue weighted by molar-refractivity contribution is 6.31. The van der Waals surface area contributed by atoms with E-state index in [-0.39, 0.29) is 0 Å². The van der Waals surface area contributed by atoms with Gasteiger partial charge in [-0.1, -0.05) is 35.9 Å². The second-order valence-electron chi connectivity index (χ2n) is 5.87. The first-order chi connectivity index (χ1) is 10.7. The molecule has 0 aliphatic heterocycles. The van der Waals surface area contributed by atoms with Gasteiger partial charge >= 0.3 is 0 Å². The largest absolute Gasteiger partial charge is 0.355 e. The van der Waals surface area contributed by atoms with Gasteiger partial charge in [-0.2, -0.15) is 0 Å². The van der Waals surface area contributed by atoms with Crippen molar-refractivity contribution >= 4 is 33.9 Å². The lowest BCUT2D eigenvalue weighted by Crippen LogP contribution is -2.00. The number of nitrogens with one attached hydrogen (secondary N) is 1. The van der Waals surface area contributed by atoms with Crippen LogP contribution in [-0.2, 0) is 12.8 Å². The molecule has 1 N–H and O–H groups in total. The van der Waals surface area contributed by atoms with Gasteiger partial charge in [0.15, 0.2) is 0 Å². The number of hydrogen-bond acceptors (Lipinski definition) is 2. The zero-order chi connectivity index (χ0) is 15.1. The number of rotatable bonds is 2. The van der Waals surface area contributed by atoms with Crippen molar-refractivity contribution in [3.8, 4) is 0 Å². The van der Waals surface area contributed by atoms with E-state index in [4.69, 9.17) is 16.6 Å². The quantitative estimate of drug-likeness (QED) is 0.683. The molecule has 2 aromatic carbocycles. The van der Waals surface area contributed by atoms with Gasteiger partial charge in [-0.25, -0.2) is 0 Å². The highest BCUT2D eigenvalue weighted by Crippen LogP contribution is 2.36. The topological polar surface area (TPSA) is 24.9 Å². The lowest BCUT2D eigenvalue weighted by molar-refractivity contribution is 0.901. The molecule has 0 radical (unpaired) electrons. The van der Waals surface area contributed by atoms with E-state index in [1.165, 1.54) is 28.8 Å². The summed E-state index contributed by atoms with van der Waals surface area (Å²) in [6.45, 7) is 2.02.